The van der Waals surface area contributed by atoms with Gasteiger partial charge in [-0.2, -0.15) is 0 Å². The quantitative estimate of drug-likeness (QED) is 0.153. The Kier molecular flexibility index (Phi) is 13.5. The Labute approximate surface area is 201 Å². The molecule has 0 bridgehead atoms. The zero-order chi connectivity index (χ0) is 21.4. The van der Waals surface area contributed by atoms with Crippen LogP contribution in [0.5, 0.6) is 5.75 Å². The van der Waals surface area contributed by atoms with Gasteiger partial charge in [0.2, 0.25) is 0 Å². The number of hydrogen-bond acceptors (Lipinski definition) is 1. The summed E-state index contributed by atoms with van der Waals surface area (Å²) in [5, 5.41) is 0.967. The Hall–Kier alpha value is -0.800. The lowest BCUT2D eigenvalue weighted by atomic mass is 9.92. The Morgan fingerprint density at radius 1 is 0.767 bits per heavy atom. The molecule has 0 aromatic heterocycles. The van der Waals surface area contributed by atoms with Crippen molar-refractivity contribution in [1.29, 1.82) is 0 Å². The molecular formula is C27H38Br2O. The van der Waals surface area contributed by atoms with Crippen molar-refractivity contribution in [2.45, 2.75) is 89.6 Å². The fraction of sp³-hybridized carbons (Fsp3) is 0.556. The van der Waals surface area contributed by atoms with E-state index in [9.17, 15) is 0 Å². The summed E-state index contributed by atoms with van der Waals surface area (Å²) in [4.78, 5) is 0. The van der Waals surface area contributed by atoms with Crippen LogP contribution in [0, 0.1) is 0 Å². The highest BCUT2D eigenvalue weighted by Gasteiger charge is 2.19. The van der Waals surface area contributed by atoms with E-state index in [4.69, 9.17) is 4.74 Å². The maximum absolute atomic E-state index is 6.45. The SMILES string of the molecule is CCCCCCCCCCCC(CC(CBr)c1ccccc1)Oc1ccc(Br)cc1. The summed E-state index contributed by atoms with van der Waals surface area (Å²) in [6, 6.07) is 19.1. The Morgan fingerprint density at radius 3 is 1.97 bits per heavy atom. The smallest absolute Gasteiger partial charge is 0.119 e. The largest absolute Gasteiger partial charge is 0.490 e. The summed E-state index contributed by atoms with van der Waals surface area (Å²) >= 11 is 7.26. The molecule has 1 nitrogen and oxygen atoms in total. The molecule has 0 heterocycles. The molecule has 0 saturated heterocycles. The van der Waals surface area contributed by atoms with Crippen molar-refractivity contribution < 1.29 is 4.74 Å². The number of alkyl halides is 1. The molecule has 3 heteroatoms. The maximum Gasteiger partial charge on any atom is 0.119 e. The van der Waals surface area contributed by atoms with Gasteiger partial charge < -0.3 is 4.74 Å². The number of hydrogen-bond donors (Lipinski definition) is 0. The molecule has 2 aromatic carbocycles. The van der Waals surface area contributed by atoms with E-state index in [1.165, 1.54) is 63.4 Å². The second kappa shape index (κ2) is 15.9. The minimum atomic E-state index is 0.249. The first-order chi connectivity index (χ1) is 14.7. The van der Waals surface area contributed by atoms with Gasteiger partial charge in [0.1, 0.15) is 5.75 Å². The second-order valence-electron chi connectivity index (χ2n) is 8.31. The zero-order valence-corrected chi connectivity index (χ0v) is 21.7. The molecule has 2 aromatic rings. The van der Waals surface area contributed by atoms with Crippen molar-refractivity contribution in [1.82, 2.24) is 0 Å². The van der Waals surface area contributed by atoms with Crippen molar-refractivity contribution in [2.24, 2.45) is 0 Å². The van der Waals surface area contributed by atoms with Gasteiger partial charge in [-0.05, 0) is 55.0 Å². The van der Waals surface area contributed by atoms with Gasteiger partial charge in [-0.15, -0.1) is 0 Å². The normalized spacial score (nSPS) is 13.2. The number of rotatable bonds is 16. The highest BCUT2D eigenvalue weighted by atomic mass is 79.9. The third-order valence-electron chi connectivity index (χ3n) is 5.75. The van der Waals surface area contributed by atoms with Crippen LogP contribution in [0.25, 0.3) is 0 Å². The van der Waals surface area contributed by atoms with Gasteiger partial charge in [-0.1, -0.05) is 120 Å². The molecule has 0 saturated carbocycles. The van der Waals surface area contributed by atoms with Crippen molar-refractivity contribution in [3.05, 3.63) is 64.6 Å². The summed E-state index contributed by atoms with van der Waals surface area (Å²) in [5.74, 6) is 1.45. The molecule has 30 heavy (non-hydrogen) atoms. The average molecular weight is 538 g/mol. The predicted octanol–water partition coefficient (Wildman–Crippen LogP) is 9.69. The molecule has 2 unspecified atom stereocenters. The van der Waals surface area contributed by atoms with Crippen LogP contribution in [0.2, 0.25) is 0 Å². The van der Waals surface area contributed by atoms with Gasteiger partial charge in [0, 0.05) is 9.80 Å². The number of ether oxygens (including phenoxy) is 1. The summed E-state index contributed by atoms with van der Waals surface area (Å²) in [7, 11) is 0. The van der Waals surface area contributed by atoms with Gasteiger partial charge in [0.05, 0.1) is 6.10 Å². The Balaban J connectivity index is 1.83. The van der Waals surface area contributed by atoms with Crippen molar-refractivity contribution in [2.75, 3.05) is 5.33 Å². The van der Waals surface area contributed by atoms with Gasteiger partial charge in [-0.3, -0.25) is 0 Å². The highest BCUT2D eigenvalue weighted by Crippen LogP contribution is 2.28. The first-order valence-corrected chi connectivity index (χ1v) is 13.7. The van der Waals surface area contributed by atoms with Gasteiger partial charge >= 0.3 is 0 Å². The van der Waals surface area contributed by atoms with Gasteiger partial charge in [0.25, 0.3) is 0 Å². The monoisotopic (exact) mass is 536 g/mol. The van der Waals surface area contributed by atoms with E-state index in [1.807, 2.05) is 0 Å². The molecule has 0 amide bonds. The van der Waals surface area contributed by atoms with E-state index in [0.717, 1.165) is 28.4 Å². The van der Waals surface area contributed by atoms with E-state index >= 15 is 0 Å². The summed E-state index contributed by atoms with van der Waals surface area (Å²) in [5.41, 5.74) is 1.39. The summed E-state index contributed by atoms with van der Waals surface area (Å²) < 4.78 is 7.54. The van der Waals surface area contributed by atoms with Crippen LogP contribution < -0.4 is 4.74 Å². The predicted molar refractivity (Wildman–Crippen MR) is 138 cm³/mol. The third-order valence-corrected chi connectivity index (χ3v) is 7.06. The molecule has 0 fully saturated rings. The van der Waals surface area contributed by atoms with E-state index in [0.29, 0.717) is 5.92 Å². The lowest BCUT2D eigenvalue weighted by Gasteiger charge is -2.24. The molecule has 2 atom stereocenters. The molecule has 0 aliphatic rings. The first-order valence-electron chi connectivity index (χ1n) is 11.8. The molecule has 0 N–H and O–H groups in total. The number of halogens is 2. The fourth-order valence-electron chi connectivity index (χ4n) is 3.94. The van der Waals surface area contributed by atoms with Crippen LogP contribution >= 0.6 is 31.9 Å². The highest BCUT2D eigenvalue weighted by molar-refractivity contribution is 9.10. The van der Waals surface area contributed by atoms with Crippen LogP contribution in [-0.2, 0) is 0 Å². The van der Waals surface area contributed by atoms with Crippen LogP contribution in [0.15, 0.2) is 59.1 Å². The molecule has 0 aliphatic carbocycles. The standard InChI is InChI=1S/C27H38Br2O/c1-2-3-4-5-6-7-8-9-13-16-27(30-26-19-17-25(29)18-20-26)21-24(22-28)23-14-11-10-12-15-23/h10-12,14-15,17-20,24,27H,2-9,13,16,21-22H2,1H3. The topological polar surface area (TPSA) is 9.23 Å². The van der Waals surface area contributed by atoms with Crippen LogP contribution in [0.3, 0.4) is 0 Å². The molecule has 2 rings (SSSR count). The first kappa shape index (κ1) is 25.5. The molecule has 0 radical (unpaired) electrons. The maximum atomic E-state index is 6.45. The van der Waals surface area contributed by atoms with Crippen molar-refractivity contribution in [3.8, 4) is 5.75 Å². The molecule has 166 valence electrons. The van der Waals surface area contributed by atoms with Crippen LogP contribution in [0.1, 0.15) is 89.0 Å². The van der Waals surface area contributed by atoms with E-state index in [-0.39, 0.29) is 6.10 Å². The lowest BCUT2D eigenvalue weighted by molar-refractivity contribution is 0.169. The van der Waals surface area contributed by atoms with Crippen molar-refractivity contribution >= 4 is 31.9 Å². The fourth-order valence-corrected chi connectivity index (χ4v) is 4.85. The number of benzene rings is 2. The van der Waals surface area contributed by atoms with E-state index < -0.39 is 0 Å². The van der Waals surface area contributed by atoms with Crippen LogP contribution in [0.4, 0.5) is 0 Å². The molecule has 0 aliphatic heterocycles. The zero-order valence-electron chi connectivity index (χ0n) is 18.5. The minimum absolute atomic E-state index is 0.249. The van der Waals surface area contributed by atoms with Crippen molar-refractivity contribution in [3.63, 3.8) is 0 Å². The second-order valence-corrected chi connectivity index (χ2v) is 9.87. The van der Waals surface area contributed by atoms with Gasteiger partial charge in [0.15, 0.2) is 0 Å². The van der Waals surface area contributed by atoms with Gasteiger partial charge in [-0.25, -0.2) is 0 Å². The minimum Gasteiger partial charge on any atom is -0.490 e. The third kappa shape index (κ3) is 10.5. The summed E-state index contributed by atoms with van der Waals surface area (Å²) in [6.45, 7) is 2.28. The van der Waals surface area contributed by atoms with E-state index in [1.54, 1.807) is 0 Å². The van der Waals surface area contributed by atoms with E-state index in [2.05, 4.69) is 93.4 Å². The molecular weight excluding hydrogens is 500 g/mol. The number of unbranched alkanes of at least 4 members (excludes halogenated alkanes) is 8. The van der Waals surface area contributed by atoms with Crippen LogP contribution in [-0.4, -0.2) is 11.4 Å². The summed E-state index contributed by atoms with van der Waals surface area (Å²) in [6.07, 6.45) is 14.7. The lowest BCUT2D eigenvalue weighted by Crippen LogP contribution is -2.21. The molecule has 0 spiro atoms. The Morgan fingerprint density at radius 2 is 1.37 bits per heavy atom. The average Bonchev–Trinajstić information content (AvgIpc) is 2.78. The Bertz CT molecular complexity index is 656.